The molecule has 0 spiro atoms. The van der Waals surface area contributed by atoms with Gasteiger partial charge in [-0.25, -0.2) is 4.39 Å². The highest BCUT2D eigenvalue weighted by Crippen LogP contribution is 2.35. The van der Waals surface area contributed by atoms with E-state index in [9.17, 15) is 4.39 Å². The molecule has 1 aromatic heterocycles. The second-order valence-corrected chi connectivity index (χ2v) is 6.40. The zero-order valence-corrected chi connectivity index (χ0v) is 13.8. The summed E-state index contributed by atoms with van der Waals surface area (Å²) in [6.07, 6.45) is 0. The number of hydrogen-bond donors (Lipinski definition) is 1. The van der Waals surface area contributed by atoms with Crippen LogP contribution in [0.2, 0.25) is 5.02 Å². The molecule has 19 heavy (non-hydrogen) atoms. The van der Waals surface area contributed by atoms with Crippen molar-refractivity contribution in [1.29, 1.82) is 0 Å². The van der Waals surface area contributed by atoms with E-state index in [0.717, 1.165) is 17.0 Å². The molecule has 1 N–H and O–H groups in total. The quantitative estimate of drug-likeness (QED) is 0.727. The second-order valence-electron chi connectivity index (χ2n) is 4.22. The lowest BCUT2D eigenvalue weighted by atomic mass is 10.0. The summed E-state index contributed by atoms with van der Waals surface area (Å²) in [6, 6.07) is 5.45. The Morgan fingerprint density at radius 2 is 2.16 bits per heavy atom. The van der Waals surface area contributed by atoms with E-state index in [-0.39, 0.29) is 16.9 Å². The average molecular weight is 363 g/mol. The van der Waals surface area contributed by atoms with Crippen molar-refractivity contribution in [3.63, 3.8) is 0 Å². The fraction of sp³-hybridized carbons (Fsp3) is 0.286. The van der Waals surface area contributed by atoms with E-state index in [1.807, 2.05) is 25.3 Å². The molecule has 0 saturated carbocycles. The Balaban J connectivity index is 2.52. The molecule has 102 valence electrons. The maximum atomic E-state index is 14.4. The fourth-order valence-electron chi connectivity index (χ4n) is 1.99. The molecule has 0 saturated heterocycles. The van der Waals surface area contributed by atoms with Crippen LogP contribution in [0.5, 0.6) is 0 Å². The first kappa shape index (κ1) is 15.0. The predicted molar refractivity (Wildman–Crippen MR) is 83.7 cm³/mol. The lowest BCUT2D eigenvalue weighted by Gasteiger charge is -2.19. The molecule has 5 heteroatoms. The molecule has 1 heterocycles. The Morgan fingerprint density at radius 1 is 1.42 bits per heavy atom. The van der Waals surface area contributed by atoms with Crippen LogP contribution in [0.3, 0.4) is 0 Å². The minimum absolute atomic E-state index is 0.134. The van der Waals surface area contributed by atoms with Crippen LogP contribution in [0, 0.1) is 12.7 Å². The fourth-order valence-corrected chi connectivity index (χ4v) is 3.49. The van der Waals surface area contributed by atoms with Crippen LogP contribution >= 0.6 is 38.9 Å². The van der Waals surface area contributed by atoms with E-state index in [2.05, 4.69) is 21.2 Å². The minimum atomic E-state index is -0.366. The summed E-state index contributed by atoms with van der Waals surface area (Å²) in [5.41, 5.74) is 1.75. The highest BCUT2D eigenvalue weighted by Gasteiger charge is 2.22. The van der Waals surface area contributed by atoms with Gasteiger partial charge in [0.1, 0.15) is 5.82 Å². The van der Waals surface area contributed by atoms with Crippen LogP contribution in [-0.4, -0.2) is 6.54 Å². The van der Waals surface area contributed by atoms with Crippen molar-refractivity contribution in [2.24, 2.45) is 0 Å². The zero-order chi connectivity index (χ0) is 14.0. The van der Waals surface area contributed by atoms with Gasteiger partial charge < -0.3 is 5.32 Å². The Bertz CT molecular complexity index is 585. The molecular formula is C14H14BrClFNS. The van der Waals surface area contributed by atoms with Crippen molar-refractivity contribution < 1.29 is 4.39 Å². The highest BCUT2D eigenvalue weighted by molar-refractivity contribution is 9.10. The number of aryl methyl sites for hydroxylation is 1. The third kappa shape index (κ3) is 3.02. The third-order valence-corrected chi connectivity index (χ3v) is 5.29. The smallest absolute Gasteiger partial charge is 0.148 e. The van der Waals surface area contributed by atoms with Crippen molar-refractivity contribution >= 4 is 38.9 Å². The number of benzene rings is 1. The molecular weight excluding hydrogens is 349 g/mol. The molecule has 0 radical (unpaired) electrons. The molecule has 2 rings (SSSR count). The van der Waals surface area contributed by atoms with Gasteiger partial charge in [-0.15, -0.1) is 11.3 Å². The van der Waals surface area contributed by atoms with Gasteiger partial charge in [-0.3, -0.25) is 0 Å². The van der Waals surface area contributed by atoms with Gasteiger partial charge >= 0.3 is 0 Å². The zero-order valence-electron chi connectivity index (χ0n) is 10.6. The number of thiophene rings is 1. The predicted octanol–water partition coefficient (Wildman–Crippen LogP) is 5.31. The lowest BCUT2D eigenvalue weighted by molar-refractivity contribution is 0.562. The maximum Gasteiger partial charge on any atom is 0.148 e. The molecule has 0 aliphatic rings. The molecule has 0 fully saturated rings. The first-order valence-corrected chi connectivity index (χ1v) is 8.02. The van der Waals surface area contributed by atoms with E-state index in [1.54, 1.807) is 23.5 Å². The summed E-state index contributed by atoms with van der Waals surface area (Å²) >= 11 is 10.9. The normalized spacial score (nSPS) is 12.7. The highest BCUT2D eigenvalue weighted by atomic mass is 79.9. The largest absolute Gasteiger partial charge is 0.306 e. The average Bonchev–Trinajstić information content (AvgIpc) is 2.80. The summed E-state index contributed by atoms with van der Waals surface area (Å²) in [5, 5.41) is 5.48. The van der Waals surface area contributed by atoms with Crippen molar-refractivity contribution in [3.8, 4) is 0 Å². The monoisotopic (exact) mass is 361 g/mol. The molecule has 0 aliphatic heterocycles. The van der Waals surface area contributed by atoms with E-state index in [1.165, 1.54) is 0 Å². The molecule has 1 atom stereocenters. The first-order valence-electron chi connectivity index (χ1n) is 5.97. The van der Waals surface area contributed by atoms with E-state index in [0.29, 0.717) is 10.0 Å². The van der Waals surface area contributed by atoms with Crippen molar-refractivity contribution in [3.05, 3.63) is 54.9 Å². The summed E-state index contributed by atoms with van der Waals surface area (Å²) in [5.74, 6) is -0.366. The molecule has 0 aliphatic carbocycles. The molecule has 0 amide bonds. The molecule has 1 unspecified atom stereocenters. The van der Waals surface area contributed by atoms with Gasteiger partial charge in [-0.1, -0.05) is 24.6 Å². The van der Waals surface area contributed by atoms with Gasteiger partial charge in [0, 0.05) is 14.9 Å². The first-order chi connectivity index (χ1) is 9.06. The maximum absolute atomic E-state index is 14.4. The number of nitrogens with one attached hydrogen (secondary N) is 1. The van der Waals surface area contributed by atoms with Gasteiger partial charge in [-0.05, 0) is 52.5 Å². The van der Waals surface area contributed by atoms with Gasteiger partial charge in [-0.2, -0.15) is 0 Å². The molecule has 1 aromatic carbocycles. The van der Waals surface area contributed by atoms with Gasteiger partial charge in [0.15, 0.2) is 0 Å². The van der Waals surface area contributed by atoms with Crippen LogP contribution in [0.4, 0.5) is 4.39 Å². The summed E-state index contributed by atoms with van der Waals surface area (Å²) in [6.45, 7) is 4.80. The van der Waals surface area contributed by atoms with Crippen LogP contribution in [0.1, 0.15) is 29.0 Å². The summed E-state index contributed by atoms with van der Waals surface area (Å²) in [7, 11) is 0. The van der Waals surface area contributed by atoms with Crippen LogP contribution in [0.15, 0.2) is 28.1 Å². The standard InChI is InChI=1S/C14H14BrClFNS/c1-3-18-13(14-8(2)6-7-19-14)9-4-5-10(15)11(16)12(9)17/h4-7,13,18H,3H2,1-2H3. The van der Waals surface area contributed by atoms with Gasteiger partial charge in [0.2, 0.25) is 0 Å². The minimum Gasteiger partial charge on any atom is -0.306 e. The van der Waals surface area contributed by atoms with Crippen molar-refractivity contribution in [2.45, 2.75) is 19.9 Å². The van der Waals surface area contributed by atoms with E-state index >= 15 is 0 Å². The van der Waals surface area contributed by atoms with Crippen molar-refractivity contribution in [2.75, 3.05) is 6.54 Å². The Hall–Kier alpha value is -0.420. The second kappa shape index (κ2) is 6.35. The number of halogens is 3. The van der Waals surface area contributed by atoms with Crippen LogP contribution in [-0.2, 0) is 0 Å². The van der Waals surface area contributed by atoms with E-state index < -0.39 is 0 Å². The number of hydrogen-bond acceptors (Lipinski definition) is 2. The Labute approximate surface area is 129 Å². The van der Waals surface area contributed by atoms with Gasteiger partial charge in [0.05, 0.1) is 11.1 Å². The Morgan fingerprint density at radius 3 is 2.74 bits per heavy atom. The van der Waals surface area contributed by atoms with Crippen LogP contribution in [0.25, 0.3) is 0 Å². The summed E-state index contributed by atoms with van der Waals surface area (Å²) in [4.78, 5) is 1.12. The van der Waals surface area contributed by atoms with E-state index in [4.69, 9.17) is 11.6 Å². The third-order valence-electron chi connectivity index (χ3n) is 2.95. The topological polar surface area (TPSA) is 12.0 Å². The summed E-state index contributed by atoms with van der Waals surface area (Å²) < 4.78 is 14.9. The molecule has 2 aromatic rings. The number of rotatable bonds is 4. The molecule has 0 bridgehead atoms. The molecule has 1 nitrogen and oxygen atoms in total. The van der Waals surface area contributed by atoms with Gasteiger partial charge in [0.25, 0.3) is 0 Å². The SMILES string of the molecule is CCNC(c1ccc(Br)c(Cl)c1F)c1sccc1C. The van der Waals surface area contributed by atoms with Crippen molar-refractivity contribution in [1.82, 2.24) is 5.32 Å². The Kier molecular flexibility index (Phi) is 5.01. The lowest BCUT2D eigenvalue weighted by Crippen LogP contribution is -2.22. The van der Waals surface area contributed by atoms with Crippen LogP contribution < -0.4 is 5.32 Å².